The Balaban J connectivity index is 2.48. The third-order valence-corrected chi connectivity index (χ3v) is 4.13. The van der Waals surface area contributed by atoms with Crippen LogP contribution >= 0.6 is 0 Å². The Kier molecular flexibility index (Phi) is 6.90. The fourth-order valence-electron chi connectivity index (χ4n) is 2.65. The standard InChI is InChI=1S/C18H30N2O/c1-18(2,3)16(12-13-19)10-11-17(21)20(4)14-15-8-6-5-7-9-15/h5-9,16H,10-14,19H2,1-4H3. The largest absolute Gasteiger partial charge is 0.341 e. The van der Waals surface area contributed by atoms with Gasteiger partial charge in [0, 0.05) is 20.0 Å². The molecule has 0 heterocycles. The molecule has 118 valence electrons. The smallest absolute Gasteiger partial charge is 0.222 e. The molecule has 0 spiro atoms. The van der Waals surface area contributed by atoms with Crippen molar-refractivity contribution in [2.45, 2.75) is 46.6 Å². The van der Waals surface area contributed by atoms with E-state index in [9.17, 15) is 4.79 Å². The van der Waals surface area contributed by atoms with Gasteiger partial charge < -0.3 is 10.6 Å². The van der Waals surface area contributed by atoms with Crippen molar-refractivity contribution in [3.05, 3.63) is 35.9 Å². The van der Waals surface area contributed by atoms with Crippen LogP contribution < -0.4 is 5.73 Å². The Hall–Kier alpha value is -1.35. The number of nitrogens with zero attached hydrogens (tertiary/aromatic N) is 1. The molecular weight excluding hydrogens is 260 g/mol. The number of rotatable bonds is 7. The summed E-state index contributed by atoms with van der Waals surface area (Å²) >= 11 is 0. The maximum absolute atomic E-state index is 12.3. The van der Waals surface area contributed by atoms with Crippen molar-refractivity contribution in [2.75, 3.05) is 13.6 Å². The first-order chi connectivity index (χ1) is 9.84. The second kappa shape index (κ2) is 8.18. The molecule has 21 heavy (non-hydrogen) atoms. The molecule has 1 rings (SSSR count). The highest BCUT2D eigenvalue weighted by Gasteiger charge is 2.24. The van der Waals surface area contributed by atoms with E-state index in [1.54, 1.807) is 0 Å². The summed E-state index contributed by atoms with van der Waals surface area (Å²) in [5, 5.41) is 0. The van der Waals surface area contributed by atoms with Crippen molar-refractivity contribution < 1.29 is 4.79 Å². The van der Waals surface area contributed by atoms with Crippen LogP contribution in [0.25, 0.3) is 0 Å². The molecule has 1 aromatic rings. The van der Waals surface area contributed by atoms with Gasteiger partial charge in [0.05, 0.1) is 0 Å². The van der Waals surface area contributed by atoms with Crippen LogP contribution in [0.1, 0.15) is 45.6 Å². The van der Waals surface area contributed by atoms with Crippen molar-refractivity contribution in [3.63, 3.8) is 0 Å². The van der Waals surface area contributed by atoms with Crippen molar-refractivity contribution >= 4 is 5.91 Å². The summed E-state index contributed by atoms with van der Waals surface area (Å²) in [5.74, 6) is 0.710. The monoisotopic (exact) mass is 290 g/mol. The van der Waals surface area contributed by atoms with E-state index >= 15 is 0 Å². The van der Waals surface area contributed by atoms with Gasteiger partial charge in [-0.1, -0.05) is 51.1 Å². The molecule has 3 nitrogen and oxygen atoms in total. The average Bonchev–Trinajstić information content (AvgIpc) is 2.42. The third-order valence-electron chi connectivity index (χ3n) is 4.13. The van der Waals surface area contributed by atoms with E-state index in [1.807, 2.05) is 30.1 Å². The highest BCUT2D eigenvalue weighted by atomic mass is 16.2. The minimum Gasteiger partial charge on any atom is -0.341 e. The second-order valence-corrected chi connectivity index (χ2v) is 6.91. The molecule has 0 saturated heterocycles. The SMILES string of the molecule is CN(Cc1ccccc1)C(=O)CCC(CCN)C(C)(C)C. The molecule has 1 amide bonds. The van der Waals surface area contributed by atoms with Crippen molar-refractivity contribution in [1.29, 1.82) is 0 Å². The summed E-state index contributed by atoms with van der Waals surface area (Å²) < 4.78 is 0. The summed E-state index contributed by atoms with van der Waals surface area (Å²) in [4.78, 5) is 14.1. The van der Waals surface area contributed by atoms with Crippen molar-refractivity contribution in [2.24, 2.45) is 17.1 Å². The summed E-state index contributed by atoms with van der Waals surface area (Å²) in [6.45, 7) is 8.05. The number of carbonyl (C=O) groups excluding carboxylic acids is 1. The number of nitrogens with two attached hydrogens (primary N) is 1. The van der Waals surface area contributed by atoms with Gasteiger partial charge in [0.15, 0.2) is 0 Å². The Labute approximate surface area is 129 Å². The Morgan fingerprint density at radius 1 is 1.19 bits per heavy atom. The molecule has 0 bridgehead atoms. The summed E-state index contributed by atoms with van der Waals surface area (Å²) in [6, 6.07) is 10.1. The maximum atomic E-state index is 12.3. The molecule has 0 fully saturated rings. The van der Waals surface area contributed by atoms with E-state index in [2.05, 4.69) is 32.9 Å². The number of benzene rings is 1. The minimum atomic E-state index is 0.206. The minimum absolute atomic E-state index is 0.206. The molecule has 0 saturated carbocycles. The quantitative estimate of drug-likeness (QED) is 0.836. The van der Waals surface area contributed by atoms with Gasteiger partial charge in [-0.15, -0.1) is 0 Å². The molecule has 0 radical (unpaired) electrons. The lowest BCUT2D eigenvalue weighted by Gasteiger charge is -2.31. The highest BCUT2D eigenvalue weighted by Crippen LogP contribution is 2.32. The zero-order valence-electron chi connectivity index (χ0n) is 13.9. The first-order valence-electron chi connectivity index (χ1n) is 7.82. The van der Waals surface area contributed by atoms with Crippen LogP contribution in [-0.4, -0.2) is 24.4 Å². The van der Waals surface area contributed by atoms with E-state index in [0.717, 1.165) is 12.8 Å². The molecule has 2 N–H and O–H groups in total. The van der Waals surface area contributed by atoms with Gasteiger partial charge >= 0.3 is 0 Å². The number of carbonyl (C=O) groups is 1. The highest BCUT2D eigenvalue weighted by molar-refractivity contribution is 5.75. The lowest BCUT2D eigenvalue weighted by molar-refractivity contribution is -0.130. The van der Waals surface area contributed by atoms with Crippen LogP contribution in [0.4, 0.5) is 0 Å². The normalized spacial score (nSPS) is 13.0. The molecule has 1 unspecified atom stereocenters. The second-order valence-electron chi connectivity index (χ2n) is 6.91. The van der Waals surface area contributed by atoms with Gasteiger partial charge in [0.1, 0.15) is 0 Å². The topological polar surface area (TPSA) is 46.3 Å². The molecule has 3 heteroatoms. The van der Waals surface area contributed by atoms with Crippen molar-refractivity contribution in [3.8, 4) is 0 Å². The molecule has 1 atom stereocenters. The maximum Gasteiger partial charge on any atom is 0.222 e. The summed E-state index contributed by atoms with van der Waals surface area (Å²) in [7, 11) is 1.88. The number of hydrogen-bond acceptors (Lipinski definition) is 2. The lowest BCUT2D eigenvalue weighted by atomic mass is 9.76. The van der Waals surface area contributed by atoms with E-state index in [4.69, 9.17) is 5.73 Å². The molecule has 0 aromatic heterocycles. The molecule has 0 aliphatic carbocycles. The fraction of sp³-hybridized carbons (Fsp3) is 0.611. The number of hydrogen-bond donors (Lipinski definition) is 1. The van der Waals surface area contributed by atoms with Crippen LogP contribution in [0.2, 0.25) is 0 Å². The summed E-state index contributed by atoms with van der Waals surface area (Å²) in [5.41, 5.74) is 7.07. The van der Waals surface area contributed by atoms with E-state index in [0.29, 0.717) is 25.4 Å². The lowest BCUT2D eigenvalue weighted by Crippen LogP contribution is -2.29. The van der Waals surface area contributed by atoms with Gasteiger partial charge in [-0.25, -0.2) is 0 Å². The van der Waals surface area contributed by atoms with Crippen molar-refractivity contribution in [1.82, 2.24) is 4.90 Å². The van der Waals surface area contributed by atoms with E-state index in [1.165, 1.54) is 5.56 Å². The van der Waals surface area contributed by atoms with Crippen LogP contribution in [0.3, 0.4) is 0 Å². The number of amides is 1. The Morgan fingerprint density at radius 3 is 2.33 bits per heavy atom. The Bertz CT molecular complexity index is 423. The predicted molar refractivity (Wildman–Crippen MR) is 88.8 cm³/mol. The predicted octanol–water partition coefficient (Wildman–Crippen LogP) is 3.44. The molecule has 0 aliphatic rings. The first kappa shape index (κ1) is 17.7. The zero-order valence-corrected chi connectivity index (χ0v) is 13.9. The summed E-state index contributed by atoms with van der Waals surface area (Å²) in [6.07, 6.45) is 2.50. The van der Waals surface area contributed by atoms with Gasteiger partial charge in [0.25, 0.3) is 0 Å². The fourth-order valence-corrected chi connectivity index (χ4v) is 2.65. The van der Waals surface area contributed by atoms with E-state index < -0.39 is 0 Å². The van der Waals surface area contributed by atoms with Crippen LogP contribution in [0.15, 0.2) is 30.3 Å². The third kappa shape index (κ3) is 6.30. The van der Waals surface area contributed by atoms with Crippen LogP contribution in [0.5, 0.6) is 0 Å². The van der Waals surface area contributed by atoms with Gasteiger partial charge in [-0.05, 0) is 36.3 Å². The van der Waals surface area contributed by atoms with Gasteiger partial charge in [-0.2, -0.15) is 0 Å². The van der Waals surface area contributed by atoms with E-state index in [-0.39, 0.29) is 11.3 Å². The van der Waals surface area contributed by atoms with Gasteiger partial charge in [-0.3, -0.25) is 4.79 Å². The molecular formula is C18H30N2O. The van der Waals surface area contributed by atoms with Crippen LogP contribution in [-0.2, 0) is 11.3 Å². The molecule has 1 aromatic carbocycles. The van der Waals surface area contributed by atoms with Gasteiger partial charge in [0.2, 0.25) is 5.91 Å². The first-order valence-corrected chi connectivity index (χ1v) is 7.82. The average molecular weight is 290 g/mol. The Morgan fingerprint density at radius 2 is 1.81 bits per heavy atom. The zero-order chi connectivity index (χ0) is 15.9. The van der Waals surface area contributed by atoms with Crippen LogP contribution in [0, 0.1) is 11.3 Å². The molecule has 0 aliphatic heterocycles.